The molecular formula is C23H19BrNO4-. The van der Waals surface area contributed by atoms with Crippen LogP contribution in [-0.2, 0) is 18.7 Å². The van der Waals surface area contributed by atoms with E-state index in [4.69, 9.17) is 0 Å². The number of carboxylic acid groups (broad SMARTS) is 1. The van der Waals surface area contributed by atoms with Crippen LogP contribution in [0.3, 0.4) is 0 Å². The second kappa shape index (κ2) is 6.02. The van der Waals surface area contributed by atoms with Gasteiger partial charge in [0.05, 0.1) is 28.2 Å². The minimum atomic E-state index is -1.40. The molecule has 148 valence electrons. The Labute approximate surface area is 176 Å². The van der Waals surface area contributed by atoms with Gasteiger partial charge in [-0.15, -0.1) is 0 Å². The Bertz CT molecular complexity index is 1030. The first-order chi connectivity index (χ1) is 13.8. The SMILES string of the molecule is CC(C)[C@@H](C(=O)[O-])N1C(=O)[C@@H]2[C@@H](C1=O)C1c3ccccc3C2(Br)c2ccccc21. The van der Waals surface area contributed by atoms with Crippen molar-refractivity contribution in [3.63, 3.8) is 0 Å². The van der Waals surface area contributed by atoms with Crippen LogP contribution in [0.25, 0.3) is 0 Å². The average molecular weight is 453 g/mol. The highest BCUT2D eigenvalue weighted by atomic mass is 79.9. The Morgan fingerprint density at radius 1 is 1.00 bits per heavy atom. The van der Waals surface area contributed by atoms with Crippen LogP contribution >= 0.6 is 15.9 Å². The monoisotopic (exact) mass is 452 g/mol. The van der Waals surface area contributed by atoms with Crippen molar-refractivity contribution in [2.75, 3.05) is 0 Å². The summed E-state index contributed by atoms with van der Waals surface area (Å²) in [5.74, 6) is -4.29. The number of likely N-dealkylation sites (tertiary alicyclic amines) is 1. The zero-order chi connectivity index (χ0) is 20.7. The summed E-state index contributed by atoms with van der Waals surface area (Å²) in [6.45, 7) is 3.37. The van der Waals surface area contributed by atoms with Crippen molar-refractivity contribution in [3.05, 3.63) is 70.8 Å². The number of halogens is 1. The number of benzene rings is 2. The van der Waals surface area contributed by atoms with Crippen molar-refractivity contribution in [1.82, 2.24) is 4.90 Å². The third-order valence-corrected chi connectivity index (χ3v) is 8.05. The molecule has 3 atom stereocenters. The second-order valence-electron chi connectivity index (χ2n) is 8.42. The number of carbonyl (C=O) groups excluding carboxylic acids is 3. The van der Waals surface area contributed by atoms with Crippen LogP contribution in [0, 0.1) is 17.8 Å². The number of imide groups is 1. The van der Waals surface area contributed by atoms with Crippen LogP contribution in [0.2, 0.25) is 0 Å². The van der Waals surface area contributed by atoms with Crippen LogP contribution in [0.1, 0.15) is 42.0 Å². The molecule has 5 nitrogen and oxygen atoms in total. The van der Waals surface area contributed by atoms with Gasteiger partial charge in [-0.3, -0.25) is 14.5 Å². The van der Waals surface area contributed by atoms with Gasteiger partial charge < -0.3 is 9.90 Å². The number of rotatable bonds is 3. The molecule has 0 aromatic heterocycles. The maximum absolute atomic E-state index is 13.6. The Morgan fingerprint density at radius 2 is 1.52 bits per heavy atom. The molecule has 0 radical (unpaired) electrons. The van der Waals surface area contributed by atoms with E-state index in [0.717, 1.165) is 27.2 Å². The number of carboxylic acids is 1. The standard InChI is InChI=1S/C23H20BrNO4/c1-11(2)19(22(28)29)25-20(26)17-16-12-7-3-5-9-14(12)23(24,18(17)21(25)27)15-10-6-4-8-13(15)16/h3-11,16-19H,1-2H3,(H,28,29)/p-1/t16?,17-,18-,19-,23?/m0/s1. The predicted octanol–water partition coefficient (Wildman–Crippen LogP) is 2.16. The van der Waals surface area contributed by atoms with Gasteiger partial charge in [0.15, 0.2) is 0 Å². The lowest BCUT2D eigenvalue weighted by molar-refractivity contribution is -0.312. The molecule has 0 N–H and O–H groups in total. The van der Waals surface area contributed by atoms with E-state index in [-0.39, 0.29) is 5.92 Å². The molecule has 29 heavy (non-hydrogen) atoms. The highest BCUT2D eigenvalue weighted by Gasteiger charge is 2.68. The zero-order valence-corrected chi connectivity index (χ0v) is 17.5. The lowest BCUT2D eigenvalue weighted by Gasteiger charge is -2.51. The van der Waals surface area contributed by atoms with Crippen LogP contribution in [0.5, 0.6) is 0 Å². The van der Waals surface area contributed by atoms with E-state index >= 15 is 0 Å². The lowest BCUT2D eigenvalue weighted by atomic mass is 9.55. The average Bonchev–Trinajstić information content (AvgIpc) is 2.95. The van der Waals surface area contributed by atoms with E-state index in [1.54, 1.807) is 13.8 Å². The molecule has 1 heterocycles. The fourth-order valence-corrected chi connectivity index (χ4v) is 6.85. The molecule has 6 heteroatoms. The number of nitrogens with zero attached hydrogens (tertiary/aromatic N) is 1. The third kappa shape index (κ3) is 2.13. The Balaban J connectivity index is 1.77. The van der Waals surface area contributed by atoms with E-state index in [2.05, 4.69) is 15.9 Å². The number of hydrogen-bond acceptors (Lipinski definition) is 4. The van der Waals surface area contributed by atoms with Crippen molar-refractivity contribution in [3.8, 4) is 0 Å². The zero-order valence-electron chi connectivity index (χ0n) is 16.0. The van der Waals surface area contributed by atoms with Gasteiger partial charge >= 0.3 is 0 Å². The molecule has 1 aliphatic heterocycles. The summed E-state index contributed by atoms with van der Waals surface area (Å²) in [6.07, 6.45) is 0. The Kier molecular flexibility index (Phi) is 3.85. The maximum atomic E-state index is 13.6. The molecule has 1 fully saturated rings. The molecule has 2 amide bonds. The first kappa shape index (κ1) is 18.6. The maximum Gasteiger partial charge on any atom is 0.235 e. The van der Waals surface area contributed by atoms with Gasteiger partial charge in [-0.25, -0.2) is 0 Å². The quantitative estimate of drug-likeness (QED) is 0.527. The van der Waals surface area contributed by atoms with E-state index in [1.807, 2.05) is 48.5 Å². The fourth-order valence-electron chi connectivity index (χ4n) is 5.65. The third-order valence-electron chi connectivity index (χ3n) is 6.70. The van der Waals surface area contributed by atoms with Gasteiger partial charge in [0.1, 0.15) is 0 Å². The van der Waals surface area contributed by atoms with Gasteiger partial charge in [-0.2, -0.15) is 0 Å². The molecule has 0 spiro atoms. The van der Waals surface area contributed by atoms with Crippen molar-refractivity contribution < 1.29 is 19.5 Å². The van der Waals surface area contributed by atoms with Crippen LogP contribution in [-0.4, -0.2) is 28.7 Å². The largest absolute Gasteiger partial charge is 0.548 e. The van der Waals surface area contributed by atoms with Crippen LogP contribution < -0.4 is 5.11 Å². The lowest BCUT2D eigenvalue weighted by Crippen LogP contribution is -2.54. The molecule has 3 aliphatic carbocycles. The van der Waals surface area contributed by atoms with Crippen molar-refractivity contribution in [2.24, 2.45) is 17.8 Å². The molecule has 0 saturated carbocycles. The number of alkyl halides is 1. The number of hydrogen-bond donors (Lipinski definition) is 0. The van der Waals surface area contributed by atoms with Crippen molar-refractivity contribution >= 4 is 33.7 Å². The smallest absolute Gasteiger partial charge is 0.235 e. The Hall–Kier alpha value is -2.47. The van der Waals surface area contributed by atoms with E-state index in [1.165, 1.54) is 0 Å². The van der Waals surface area contributed by atoms with Gasteiger partial charge in [0.25, 0.3) is 0 Å². The molecule has 2 bridgehead atoms. The molecule has 2 aromatic carbocycles. The minimum Gasteiger partial charge on any atom is -0.548 e. The van der Waals surface area contributed by atoms with E-state index < -0.39 is 45.9 Å². The summed E-state index contributed by atoms with van der Waals surface area (Å²) in [6, 6.07) is 14.4. The molecule has 2 aromatic rings. The highest BCUT2D eigenvalue weighted by molar-refractivity contribution is 9.09. The van der Waals surface area contributed by atoms with Crippen molar-refractivity contribution in [1.29, 1.82) is 0 Å². The molecule has 4 aliphatic rings. The predicted molar refractivity (Wildman–Crippen MR) is 107 cm³/mol. The normalized spacial score (nSPS) is 30.2. The summed E-state index contributed by atoms with van der Waals surface area (Å²) in [5, 5.41) is 11.9. The summed E-state index contributed by atoms with van der Waals surface area (Å²) < 4.78 is -0.867. The van der Waals surface area contributed by atoms with Crippen LogP contribution in [0.15, 0.2) is 48.5 Å². The summed E-state index contributed by atoms with van der Waals surface area (Å²) in [7, 11) is 0. The topological polar surface area (TPSA) is 77.5 Å². The van der Waals surface area contributed by atoms with Gasteiger partial charge in [-0.05, 0) is 28.2 Å². The van der Waals surface area contributed by atoms with Gasteiger partial charge in [-0.1, -0.05) is 78.3 Å². The first-order valence-corrected chi connectivity index (χ1v) is 10.5. The first-order valence-electron chi connectivity index (χ1n) is 9.75. The summed E-state index contributed by atoms with van der Waals surface area (Å²) in [4.78, 5) is 40.0. The van der Waals surface area contributed by atoms with Gasteiger partial charge in [0.2, 0.25) is 11.8 Å². The molecule has 6 rings (SSSR count). The fraction of sp³-hybridized carbons (Fsp3) is 0.348. The second-order valence-corrected chi connectivity index (χ2v) is 9.67. The van der Waals surface area contributed by atoms with Gasteiger partial charge in [0, 0.05) is 5.92 Å². The molecular weight excluding hydrogens is 434 g/mol. The Morgan fingerprint density at radius 3 is 2.00 bits per heavy atom. The summed E-state index contributed by atoms with van der Waals surface area (Å²) >= 11 is 3.89. The number of amides is 2. The minimum absolute atomic E-state index is 0.275. The highest BCUT2D eigenvalue weighted by Crippen LogP contribution is 2.66. The number of aliphatic carboxylic acids is 1. The van der Waals surface area contributed by atoms with Crippen molar-refractivity contribution in [2.45, 2.75) is 30.1 Å². The number of carbonyl (C=O) groups is 3. The van der Waals surface area contributed by atoms with Crippen LogP contribution in [0.4, 0.5) is 0 Å². The molecule has 1 saturated heterocycles. The summed E-state index contributed by atoms with van der Waals surface area (Å²) in [5.41, 5.74) is 3.98. The molecule has 0 unspecified atom stereocenters. The van der Waals surface area contributed by atoms with E-state index in [0.29, 0.717) is 0 Å². The van der Waals surface area contributed by atoms with E-state index in [9.17, 15) is 19.5 Å².